The van der Waals surface area contributed by atoms with E-state index in [4.69, 9.17) is 16.7 Å². The van der Waals surface area contributed by atoms with E-state index in [0.717, 1.165) is 12.8 Å². The van der Waals surface area contributed by atoms with Gasteiger partial charge in [-0.2, -0.15) is 5.48 Å². The van der Waals surface area contributed by atoms with Crippen LogP contribution < -0.4 is 16.9 Å². The van der Waals surface area contributed by atoms with Crippen molar-refractivity contribution in [1.82, 2.24) is 5.48 Å². The number of nitrogens with one attached hydrogen (secondary N) is 1. The second kappa shape index (κ2) is 7.17. The van der Waals surface area contributed by atoms with E-state index in [0.29, 0.717) is 13.0 Å². The number of Topliss-reactive ketones (excluding diaryl/α,β-unsaturated/α-hetero) is 1. The summed E-state index contributed by atoms with van der Waals surface area (Å²) in [6, 6.07) is -0.526. The smallest absolute Gasteiger partial charge is 0.165 e. The van der Waals surface area contributed by atoms with E-state index in [-0.39, 0.29) is 12.3 Å². The first-order chi connectivity index (χ1) is 5.76. The van der Waals surface area contributed by atoms with Crippen LogP contribution >= 0.6 is 0 Å². The molecular weight excluding hydrogens is 158 g/mol. The largest absolute Gasteiger partial charge is 0.330 e. The van der Waals surface area contributed by atoms with Gasteiger partial charge in [-0.25, -0.2) is 0 Å². The van der Waals surface area contributed by atoms with Crippen molar-refractivity contribution in [3.05, 3.63) is 0 Å². The summed E-state index contributed by atoms with van der Waals surface area (Å²) < 4.78 is 0. The van der Waals surface area contributed by atoms with Gasteiger partial charge in [-0.15, -0.1) is 0 Å². The number of carbonyl (C=O) groups is 1. The summed E-state index contributed by atoms with van der Waals surface area (Å²) >= 11 is 0. The molecule has 0 bridgehead atoms. The average Bonchev–Trinajstić information content (AvgIpc) is 2.11. The number of carbonyl (C=O) groups excluding carboxylic acids is 1. The van der Waals surface area contributed by atoms with E-state index < -0.39 is 6.04 Å². The lowest BCUT2D eigenvalue weighted by molar-refractivity contribution is -0.122. The minimum atomic E-state index is -0.526. The van der Waals surface area contributed by atoms with Crippen LogP contribution in [-0.4, -0.2) is 30.1 Å². The zero-order chi connectivity index (χ0) is 9.40. The lowest BCUT2D eigenvalue weighted by atomic mass is 10.1. The van der Waals surface area contributed by atoms with Crippen LogP contribution in [0.2, 0.25) is 0 Å². The maximum Gasteiger partial charge on any atom is 0.165 e. The molecule has 0 spiro atoms. The second-order valence-corrected chi connectivity index (χ2v) is 2.64. The highest BCUT2D eigenvalue weighted by atomic mass is 16.5. The summed E-state index contributed by atoms with van der Waals surface area (Å²) in [4.78, 5) is 11.0. The maximum absolute atomic E-state index is 11.0. The first-order valence-electron chi connectivity index (χ1n) is 4.08. The lowest BCUT2D eigenvalue weighted by Gasteiger charge is -2.11. The van der Waals surface area contributed by atoms with Crippen molar-refractivity contribution in [2.24, 2.45) is 11.5 Å². The molecule has 0 aromatic rings. The first-order valence-corrected chi connectivity index (χ1v) is 4.08. The number of unbranched alkanes of at least 4 members (excludes halogenated alkanes) is 1. The van der Waals surface area contributed by atoms with Crippen molar-refractivity contribution in [3.8, 4) is 0 Å². The van der Waals surface area contributed by atoms with Crippen LogP contribution in [0.3, 0.4) is 0 Å². The predicted octanol–water partition coefficient (Wildman–Crippen LogP) is -1.01. The molecule has 0 rings (SSSR count). The Bertz CT molecular complexity index is 130. The van der Waals surface area contributed by atoms with E-state index >= 15 is 0 Å². The van der Waals surface area contributed by atoms with Gasteiger partial charge < -0.3 is 16.7 Å². The summed E-state index contributed by atoms with van der Waals surface area (Å²) in [7, 11) is 0. The number of hydrogen-bond acceptors (Lipinski definition) is 5. The van der Waals surface area contributed by atoms with Crippen LogP contribution in [0.4, 0.5) is 0 Å². The van der Waals surface area contributed by atoms with Gasteiger partial charge in [0.2, 0.25) is 0 Å². The van der Waals surface area contributed by atoms with E-state index in [1.54, 1.807) is 0 Å². The molecule has 0 heterocycles. The maximum atomic E-state index is 11.0. The Labute approximate surface area is 72.1 Å². The van der Waals surface area contributed by atoms with Gasteiger partial charge in [-0.1, -0.05) is 6.42 Å². The Morgan fingerprint density at radius 2 is 2.08 bits per heavy atom. The molecule has 0 unspecified atom stereocenters. The molecule has 0 fully saturated rings. The summed E-state index contributed by atoms with van der Waals surface area (Å²) in [5.41, 5.74) is 12.3. The first kappa shape index (κ1) is 11.5. The minimum Gasteiger partial charge on any atom is -0.330 e. The van der Waals surface area contributed by atoms with Crippen molar-refractivity contribution in [1.29, 1.82) is 0 Å². The molecular formula is C7H17N3O2. The molecule has 6 N–H and O–H groups in total. The molecule has 0 aliphatic heterocycles. The van der Waals surface area contributed by atoms with Crippen molar-refractivity contribution in [2.75, 3.05) is 13.1 Å². The zero-order valence-electron chi connectivity index (χ0n) is 7.12. The third kappa shape index (κ3) is 4.40. The highest BCUT2D eigenvalue weighted by Crippen LogP contribution is 2.00. The Morgan fingerprint density at radius 3 is 2.50 bits per heavy atom. The minimum absolute atomic E-state index is 0.0408. The molecule has 0 aliphatic carbocycles. The fourth-order valence-corrected chi connectivity index (χ4v) is 0.933. The summed E-state index contributed by atoms with van der Waals surface area (Å²) in [5, 5.41) is 8.57. The molecule has 1 atom stereocenters. The standard InChI is InChI=1S/C7H17N3O2/c8-4-2-1-3-6(10-12)7(11)5-9/h6,10,12H,1-5,8-9H2/t6-/m0/s1. The third-order valence-electron chi connectivity index (χ3n) is 1.69. The van der Waals surface area contributed by atoms with Crippen molar-refractivity contribution >= 4 is 5.78 Å². The topological polar surface area (TPSA) is 101 Å². The van der Waals surface area contributed by atoms with Crippen LogP contribution in [0.1, 0.15) is 19.3 Å². The summed E-state index contributed by atoms with van der Waals surface area (Å²) in [6.07, 6.45) is 2.26. The molecule has 0 saturated heterocycles. The van der Waals surface area contributed by atoms with Crippen LogP contribution in [0, 0.1) is 0 Å². The van der Waals surface area contributed by atoms with Gasteiger partial charge in [-0.05, 0) is 19.4 Å². The normalized spacial score (nSPS) is 12.9. The van der Waals surface area contributed by atoms with Crippen molar-refractivity contribution in [3.63, 3.8) is 0 Å². The van der Waals surface area contributed by atoms with Gasteiger partial charge in [0.15, 0.2) is 5.78 Å². The predicted molar refractivity (Wildman–Crippen MR) is 45.7 cm³/mol. The Balaban J connectivity index is 3.60. The van der Waals surface area contributed by atoms with Gasteiger partial charge in [0.25, 0.3) is 0 Å². The molecule has 0 aromatic carbocycles. The second-order valence-electron chi connectivity index (χ2n) is 2.64. The highest BCUT2D eigenvalue weighted by molar-refractivity contribution is 5.85. The Morgan fingerprint density at radius 1 is 1.42 bits per heavy atom. The number of rotatable bonds is 7. The molecule has 0 aromatic heterocycles. The SMILES string of the molecule is NCCCC[C@H](NO)C(=O)CN. The van der Waals surface area contributed by atoms with Crippen LogP contribution in [0.15, 0.2) is 0 Å². The molecule has 12 heavy (non-hydrogen) atoms. The van der Waals surface area contributed by atoms with E-state index in [9.17, 15) is 4.79 Å². The summed E-state index contributed by atoms with van der Waals surface area (Å²) in [6.45, 7) is 0.565. The zero-order valence-corrected chi connectivity index (χ0v) is 7.12. The Hall–Kier alpha value is -0.490. The molecule has 0 amide bonds. The fourth-order valence-electron chi connectivity index (χ4n) is 0.933. The van der Waals surface area contributed by atoms with E-state index in [2.05, 4.69) is 0 Å². The van der Waals surface area contributed by atoms with E-state index in [1.807, 2.05) is 5.48 Å². The average molecular weight is 175 g/mol. The van der Waals surface area contributed by atoms with E-state index in [1.165, 1.54) is 0 Å². The van der Waals surface area contributed by atoms with Crippen LogP contribution in [0.5, 0.6) is 0 Å². The van der Waals surface area contributed by atoms with Crippen molar-refractivity contribution < 1.29 is 10.0 Å². The van der Waals surface area contributed by atoms with Gasteiger partial charge in [0.05, 0.1) is 12.6 Å². The van der Waals surface area contributed by atoms with Gasteiger partial charge in [0.1, 0.15) is 0 Å². The number of nitrogens with two attached hydrogens (primary N) is 2. The third-order valence-corrected chi connectivity index (χ3v) is 1.69. The molecule has 72 valence electrons. The van der Waals surface area contributed by atoms with Gasteiger partial charge in [-0.3, -0.25) is 4.79 Å². The molecule has 0 saturated carbocycles. The van der Waals surface area contributed by atoms with Gasteiger partial charge in [0, 0.05) is 0 Å². The fraction of sp³-hybridized carbons (Fsp3) is 0.857. The van der Waals surface area contributed by atoms with Crippen LogP contribution in [-0.2, 0) is 4.79 Å². The number of hydroxylamine groups is 1. The lowest BCUT2D eigenvalue weighted by Crippen LogP contribution is -2.38. The summed E-state index contributed by atoms with van der Waals surface area (Å²) in [5.74, 6) is -0.172. The number of ketones is 1. The monoisotopic (exact) mass is 175 g/mol. The van der Waals surface area contributed by atoms with Crippen molar-refractivity contribution in [2.45, 2.75) is 25.3 Å². The molecule has 0 aliphatic rings. The Kier molecular flexibility index (Phi) is 6.88. The molecule has 0 radical (unpaired) electrons. The quantitative estimate of drug-likeness (QED) is 0.293. The van der Waals surface area contributed by atoms with Crippen LogP contribution in [0.25, 0.3) is 0 Å². The number of hydrogen-bond donors (Lipinski definition) is 4. The molecule has 5 nitrogen and oxygen atoms in total. The molecule has 5 heteroatoms. The highest BCUT2D eigenvalue weighted by Gasteiger charge is 2.14. The van der Waals surface area contributed by atoms with Gasteiger partial charge >= 0.3 is 0 Å².